The highest BCUT2D eigenvalue weighted by atomic mass is 16.4. The molecular formula is C25H20O2. The average molecular weight is 352 g/mol. The first kappa shape index (κ1) is 18.2. The molecule has 2 nitrogen and oxygen atoms in total. The van der Waals surface area contributed by atoms with E-state index in [2.05, 4.69) is 55.2 Å². The van der Waals surface area contributed by atoms with Gasteiger partial charge in [-0.05, 0) is 66.5 Å². The molecule has 0 bridgehead atoms. The molecule has 0 radical (unpaired) electrons. The second-order valence-electron chi connectivity index (χ2n) is 6.39. The van der Waals surface area contributed by atoms with E-state index in [-0.39, 0.29) is 0 Å². The smallest absolute Gasteiger partial charge is 0.335 e. The lowest BCUT2D eigenvalue weighted by Gasteiger charge is -2.06. The third kappa shape index (κ3) is 4.54. The first-order valence-corrected chi connectivity index (χ1v) is 8.73. The van der Waals surface area contributed by atoms with E-state index >= 15 is 0 Å². The lowest BCUT2D eigenvalue weighted by atomic mass is 9.98. The van der Waals surface area contributed by atoms with Gasteiger partial charge < -0.3 is 5.11 Å². The van der Waals surface area contributed by atoms with Gasteiger partial charge in [0.25, 0.3) is 0 Å². The summed E-state index contributed by atoms with van der Waals surface area (Å²) in [6, 6.07) is 21.8. The van der Waals surface area contributed by atoms with Crippen LogP contribution in [0.25, 0.3) is 17.2 Å². The summed E-state index contributed by atoms with van der Waals surface area (Å²) in [5, 5.41) is 9.08. The van der Waals surface area contributed by atoms with Crippen LogP contribution < -0.4 is 0 Å². The molecule has 0 heterocycles. The molecule has 2 heteroatoms. The molecule has 0 fully saturated rings. The van der Waals surface area contributed by atoms with Gasteiger partial charge in [0.1, 0.15) is 0 Å². The van der Waals surface area contributed by atoms with Crippen molar-refractivity contribution in [2.24, 2.45) is 0 Å². The van der Waals surface area contributed by atoms with Gasteiger partial charge in [-0.3, -0.25) is 0 Å². The van der Waals surface area contributed by atoms with Gasteiger partial charge in [0.2, 0.25) is 0 Å². The van der Waals surface area contributed by atoms with Gasteiger partial charge in [0, 0.05) is 5.56 Å². The molecule has 27 heavy (non-hydrogen) atoms. The molecule has 0 amide bonds. The van der Waals surface area contributed by atoms with E-state index in [4.69, 9.17) is 5.11 Å². The topological polar surface area (TPSA) is 37.3 Å². The summed E-state index contributed by atoms with van der Waals surface area (Å²) in [5.41, 5.74) is 6.50. The highest BCUT2D eigenvalue weighted by Gasteiger charge is 2.06. The molecule has 3 aromatic carbocycles. The Labute approximate surface area is 159 Å². The molecule has 132 valence electrons. The lowest BCUT2D eigenvalue weighted by molar-refractivity contribution is 0.0696. The molecule has 0 aliphatic rings. The molecule has 0 aromatic heterocycles. The Hall–Kier alpha value is -3.57. The fraction of sp³-hybridized carbons (Fsp3) is 0.0800. The normalized spacial score (nSPS) is 10.4. The summed E-state index contributed by atoms with van der Waals surface area (Å²) in [5.74, 6) is 5.18. The Bertz CT molecular complexity index is 1060. The Balaban J connectivity index is 1.82. The summed E-state index contributed by atoms with van der Waals surface area (Å²) in [6.45, 7) is 3.86. The van der Waals surface area contributed by atoms with Crippen molar-refractivity contribution in [3.05, 3.63) is 101 Å². The number of carboxylic acids is 1. The molecule has 0 saturated carbocycles. The quantitative estimate of drug-likeness (QED) is 0.611. The third-order valence-electron chi connectivity index (χ3n) is 4.34. The van der Waals surface area contributed by atoms with Crippen molar-refractivity contribution < 1.29 is 9.90 Å². The Morgan fingerprint density at radius 1 is 0.963 bits per heavy atom. The highest BCUT2D eigenvalue weighted by Crippen LogP contribution is 2.25. The number of aromatic carboxylic acids is 1. The molecule has 0 aliphatic carbocycles. The minimum Gasteiger partial charge on any atom is -0.478 e. The largest absolute Gasteiger partial charge is 0.478 e. The zero-order valence-electron chi connectivity index (χ0n) is 15.4. The van der Waals surface area contributed by atoms with Crippen LogP contribution in [0, 0.1) is 25.7 Å². The number of carboxylic acid groups (broad SMARTS) is 1. The van der Waals surface area contributed by atoms with Gasteiger partial charge in [-0.2, -0.15) is 0 Å². The SMILES string of the molecule is Cc1ccc(-c2ccccc2C=CC#Cc2ccc(C(=O)O)c(C)c2)cc1. The monoisotopic (exact) mass is 352 g/mol. The zero-order chi connectivity index (χ0) is 19.2. The summed E-state index contributed by atoms with van der Waals surface area (Å²) < 4.78 is 0. The number of rotatable bonds is 3. The van der Waals surface area contributed by atoms with Crippen LogP contribution in [-0.4, -0.2) is 11.1 Å². The van der Waals surface area contributed by atoms with E-state index in [9.17, 15) is 4.79 Å². The maximum absolute atomic E-state index is 11.1. The molecule has 0 aliphatic heterocycles. The standard InChI is InChI=1S/C25H20O2/c1-18-11-14-22(15-12-18)24-10-6-5-9-21(24)8-4-3-7-20-13-16-23(25(26)27)19(2)17-20/h4-6,8-17H,1-2H3,(H,26,27). The molecule has 3 rings (SSSR count). The number of benzene rings is 3. The van der Waals surface area contributed by atoms with E-state index in [1.54, 1.807) is 25.1 Å². The van der Waals surface area contributed by atoms with Crippen molar-refractivity contribution >= 4 is 12.0 Å². The summed E-state index contributed by atoms with van der Waals surface area (Å²) in [4.78, 5) is 11.1. The Morgan fingerprint density at radius 3 is 2.41 bits per heavy atom. The third-order valence-corrected chi connectivity index (χ3v) is 4.34. The maximum atomic E-state index is 11.1. The second kappa shape index (κ2) is 8.21. The molecule has 1 N–H and O–H groups in total. The molecular weight excluding hydrogens is 332 g/mol. The van der Waals surface area contributed by atoms with Gasteiger partial charge in [0.15, 0.2) is 0 Å². The van der Waals surface area contributed by atoms with Crippen LogP contribution in [0.5, 0.6) is 0 Å². The van der Waals surface area contributed by atoms with E-state index in [1.807, 2.05) is 24.3 Å². The van der Waals surface area contributed by atoms with E-state index < -0.39 is 5.97 Å². The molecule has 3 aromatic rings. The Kier molecular flexibility index (Phi) is 5.54. The number of hydrogen-bond acceptors (Lipinski definition) is 1. The van der Waals surface area contributed by atoms with Crippen molar-refractivity contribution in [3.8, 4) is 23.0 Å². The van der Waals surface area contributed by atoms with Crippen LogP contribution in [-0.2, 0) is 0 Å². The van der Waals surface area contributed by atoms with Crippen molar-refractivity contribution in [1.29, 1.82) is 0 Å². The van der Waals surface area contributed by atoms with Crippen molar-refractivity contribution in [2.45, 2.75) is 13.8 Å². The van der Waals surface area contributed by atoms with Gasteiger partial charge in [-0.1, -0.05) is 65.9 Å². The second-order valence-corrected chi connectivity index (χ2v) is 6.39. The minimum atomic E-state index is -0.917. The fourth-order valence-electron chi connectivity index (χ4n) is 2.88. The van der Waals surface area contributed by atoms with E-state index in [0.29, 0.717) is 11.1 Å². The van der Waals surface area contributed by atoms with Gasteiger partial charge >= 0.3 is 5.97 Å². The first-order chi connectivity index (χ1) is 13.0. The van der Waals surface area contributed by atoms with Gasteiger partial charge in [0.05, 0.1) is 5.56 Å². The van der Waals surface area contributed by atoms with Crippen molar-refractivity contribution in [2.75, 3.05) is 0 Å². The molecule has 0 unspecified atom stereocenters. The predicted octanol–water partition coefficient (Wildman–Crippen LogP) is 5.73. The van der Waals surface area contributed by atoms with E-state index in [0.717, 1.165) is 16.7 Å². The molecule has 0 spiro atoms. The average Bonchev–Trinajstić information content (AvgIpc) is 2.66. The van der Waals surface area contributed by atoms with Crippen molar-refractivity contribution in [1.82, 2.24) is 0 Å². The van der Waals surface area contributed by atoms with Gasteiger partial charge in [-0.15, -0.1) is 0 Å². The number of aryl methyl sites for hydroxylation is 2. The van der Waals surface area contributed by atoms with Crippen LogP contribution in [0.3, 0.4) is 0 Å². The zero-order valence-corrected chi connectivity index (χ0v) is 15.4. The van der Waals surface area contributed by atoms with Crippen LogP contribution in [0.15, 0.2) is 72.8 Å². The molecule has 0 atom stereocenters. The fourth-order valence-corrected chi connectivity index (χ4v) is 2.88. The van der Waals surface area contributed by atoms with E-state index in [1.165, 1.54) is 11.1 Å². The maximum Gasteiger partial charge on any atom is 0.335 e. The lowest BCUT2D eigenvalue weighted by Crippen LogP contribution is -1.99. The van der Waals surface area contributed by atoms with Crippen LogP contribution >= 0.6 is 0 Å². The summed E-state index contributed by atoms with van der Waals surface area (Å²) in [6.07, 6.45) is 3.83. The van der Waals surface area contributed by atoms with Crippen LogP contribution in [0.2, 0.25) is 0 Å². The highest BCUT2D eigenvalue weighted by molar-refractivity contribution is 5.89. The van der Waals surface area contributed by atoms with Crippen LogP contribution in [0.4, 0.5) is 0 Å². The summed E-state index contributed by atoms with van der Waals surface area (Å²) in [7, 11) is 0. The molecule has 0 saturated heterocycles. The van der Waals surface area contributed by atoms with Gasteiger partial charge in [-0.25, -0.2) is 4.79 Å². The van der Waals surface area contributed by atoms with Crippen molar-refractivity contribution in [3.63, 3.8) is 0 Å². The number of carbonyl (C=O) groups is 1. The predicted molar refractivity (Wildman–Crippen MR) is 111 cm³/mol. The number of hydrogen-bond donors (Lipinski definition) is 1. The van der Waals surface area contributed by atoms with Crippen LogP contribution in [0.1, 0.15) is 32.6 Å². The Morgan fingerprint density at radius 2 is 1.70 bits per heavy atom. The summed E-state index contributed by atoms with van der Waals surface area (Å²) >= 11 is 0. The number of allylic oxidation sites excluding steroid dienone is 1. The first-order valence-electron chi connectivity index (χ1n) is 8.73. The minimum absolute atomic E-state index is 0.308.